The number of amides is 1. The summed E-state index contributed by atoms with van der Waals surface area (Å²) in [5, 5.41) is 13.8. The van der Waals surface area contributed by atoms with Crippen molar-refractivity contribution < 1.29 is 14.4 Å². The summed E-state index contributed by atoms with van der Waals surface area (Å²) in [7, 11) is 0. The Morgan fingerprint density at radius 3 is 2.62 bits per heavy atom. The highest BCUT2D eigenvalue weighted by atomic mass is 19.1. The molecule has 0 unspecified atom stereocenters. The predicted octanol–water partition coefficient (Wildman–Crippen LogP) is 2.48. The second kappa shape index (κ2) is 6.04. The molecular weight excluding hydrogens is 273 g/mol. The number of nitrogens with one attached hydrogen (secondary N) is 1. The van der Waals surface area contributed by atoms with E-state index in [9.17, 15) is 9.18 Å². The lowest BCUT2D eigenvalue weighted by atomic mass is 10.1. The zero-order chi connectivity index (χ0) is 15.4. The first-order chi connectivity index (χ1) is 10.0. The smallest absolute Gasteiger partial charge is 0.255 e. The van der Waals surface area contributed by atoms with Crippen LogP contribution in [-0.2, 0) is 0 Å². The molecule has 2 aromatic rings. The molecule has 0 spiro atoms. The summed E-state index contributed by atoms with van der Waals surface area (Å²) in [6, 6.07) is 10.9. The Hall–Kier alpha value is -2.89. The topological polar surface area (TPSA) is 87.7 Å². The van der Waals surface area contributed by atoms with Crippen molar-refractivity contribution in [3.8, 4) is 0 Å². The minimum Gasteiger partial charge on any atom is -0.409 e. The van der Waals surface area contributed by atoms with E-state index in [1.807, 2.05) is 13.0 Å². The van der Waals surface area contributed by atoms with Gasteiger partial charge in [0.15, 0.2) is 5.84 Å². The van der Waals surface area contributed by atoms with E-state index >= 15 is 0 Å². The zero-order valence-corrected chi connectivity index (χ0v) is 11.3. The van der Waals surface area contributed by atoms with Crippen molar-refractivity contribution in [1.29, 1.82) is 0 Å². The van der Waals surface area contributed by atoms with Crippen LogP contribution in [0, 0.1) is 12.7 Å². The van der Waals surface area contributed by atoms with Crippen LogP contribution in [0.3, 0.4) is 0 Å². The van der Waals surface area contributed by atoms with Gasteiger partial charge in [-0.2, -0.15) is 0 Å². The Balaban J connectivity index is 2.22. The van der Waals surface area contributed by atoms with Gasteiger partial charge in [0.25, 0.3) is 5.91 Å². The van der Waals surface area contributed by atoms with E-state index in [1.54, 1.807) is 18.2 Å². The number of rotatable bonds is 3. The second-order valence-corrected chi connectivity index (χ2v) is 4.50. The molecule has 4 N–H and O–H groups in total. The summed E-state index contributed by atoms with van der Waals surface area (Å²) >= 11 is 0. The highest BCUT2D eigenvalue weighted by molar-refractivity contribution is 6.05. The largest absolute Gasteiger partial charge is 0.409 e. The van der Waals surface area contributed by atoms with E-state index in [1.165, 1.54) is 12.1 Å². The first kappa shape index (κ1) is 14.5. The number of hydrogen-bond acceptors (Lipinski definition) is 3. The van der Waals surface area contributed by atoms with E-state index in [-0.39, 0.29) is 17.1 Å². The molecule has 108 valence electrons. The predicted molar refractivity (Wildman–Crippen MR) is 78.0 cm³/mol. The summed E-state index contributed by atoms with van der Waals surface area (Å²) in [4.78, 5) is 12.0. The van der Waals surface area contributed by atoms with Crippen LogP contribution in [0.15, 0.2) is 47.6 Å². The van der Waals surface area contributed by atoms with Crippen molar-refractivity contribution in [2.45, 2.75) is 6.92 Å². The molecule has 0 aliphatic carbocycles. The summed E-state index contributed by atoms with van der Waals surface area (Å²) < 4.78 is 13.9. The number of carbonyl (C=O) groups excluding carboxylic acids is 1. The molecule has 2 rings (SSSR count). The van der Waals surface area contributed by atoms with Crippen LogP contribution < -0.4 is 11.1 Å². The minimum absolute atomic E-state index is 0.0241. The summed E-state index contributed by atoms with van der Waals surface area (Å²) in [6.07, 6.45) is 0. The highest BCUT2D eigenvalue weighted by Gasteiger charge is 2.11. The fourth-order valence-corrected chi connectivity index (χ4v) is 1.81. The van der Waals surface area contributed by atoms with E-state index in [0.717, 1.165) is 11.6 Å². The van der Waals surface area contributed by atoms with Crippen molar-refractivity contribution >= 4 is 17.4 Å². The van der Waals surface area contributed by atoms with Gasteiger partial charge in [-0.05, 0) is 37.3 Å². The summed E-state index contributed by atoms with van der Waals surface area (Å²) in [5.74, 6) is -1.28. The Labute approximate surface area is 120 Å². The number of nitrogens with zero attached hydrogens (tertiary/aromatic N) is 1. The first-order valence-electron chi connectivity index (χ1n) is 6.16. The van der Waals surface area contributed by atoms with Crippen molar-refractivity contribution in [3.63, 3.8) is 0 Å². The van der Waals surface area contributed by atoms with Gasteiger partial charge in [-0.3, -0.25) is 4.79 Å². The molecule has 0 fully saturated rings. The van der Waals surface area contributed by atoms with Gasteiger partial charge in [0.1, 0.15) is 5.82 Å². The van der Waals surface area contributed by atoms with E-state index in [4.69, 9.17) is 10.9 Å². The molecule has 0 aliphatic rings. The van der Waals surface area contributed by atoms with Gasteiger partial charge in [-0.15, -0.1) is 0 Å². The van der Waals surface area contributed by atoms with Crippen LogP contribution in [0.5, 0.6) is 0 Å². The zero-order valence-electron chi connectivity index (χ0n) is 11.3. The van der Waals surface area contributed by atoms with E-state index < -0.39 is 11.7 Å². The molecule has 21 heavy (non-hydrogen) atoms. The first-order valence-corrected chi connectivity index (χ1v) is 6.16. The second-order valence-electron chi connectivity index (χ2n) is 4.50. The quantitative estimate of drug-likeness (QED) is 0.351. The molecule has 0 saturated heterocycles. The average Bonchev–Trinajstić information content (AvgIpc) is 2.48. The summed E-state index contributed by atoms with van der Waals surface area (Å²) in [5.41, 5.74) is 6.99. The number of oxime groups is 1. The van der Waals surface area contributed by atoms with Gasteiger partial charge in [0, 0.05) is 11.1 Å². The lowest BCUT2D eigenvalue weighted by Crippen LogP contribution is -2.16. The standard InChI is InChI=1S/C15H14FN3O2/c1-9-3-2-4-11(7-9)15(20)18-13-6-5-10(8-12(13)16)14(17)19-21/h2-8,21H,1H3,(H2,17,19)(H,18,20). The molecule has 0 aromatic heterocycles. The normalized spacial score (nSPS) is 11.2. The Morgan fingerprint density at radius 2 is 2.00 bits per heavy atom. The van der Waals surface area contributed by atoms with Crippen molar-refractivity contribution in [3.05, 3.63) is 65.0 Å². The van der Waals surface area contributed by atoms with Crippen molar-refractivity contribution in [1.82, 2.24) is 0 Å². The number of carbonyl (C=O) groups is 1. The van der Waals surface area contributed by atoms with Crippen LogP contribution in [0.2, 0.25) is 0 Å². The molecule has 1 amide bonds. The molecule has 5 nitrogen and oxygen atoms in total. The van der Waals surface area contributed by atoms with Gasteiger partial charge in [-0.1, -0.05) is 22.9 Å². The van der Waals surface area contributed by atoms with Gasteiger partial charge in [-0.25, -0.2) is 4.39 Å². The third kappa shape index (κ3) is 3.36. The highest BCUT2D eigenvalue weighted by Crippen LogP contribution is 2.17. The van der Waals surface area contributed by atoms with Crippen molar-refractivity contribution in [2.24, 2.45) is 10.9 Å². The maximum absolute atomic E-state index is 13.9. The molecule has 6 heteroatoms. The number of aryl methyl sites for hydroxylation is 1. The Kier molecular flexibility index (Phi) is 4.18. The molecule has 0 heterocycles. The third-order valence-electron chi connectivity index (χ3n) is 2.90. The molecule has 0 radical (unpaired) electrons. The van der Waals surface area contributed by atoms with Crippen LogP contribution in [0.1, 0.15) is 21.5 Å². The lowest BCUT2D eigenvalue weighted by molar-refractivity contribution is 0.102. The van der Waals surface area contributed by atoms with Gasteiger partial charge in [0.05, 0.1) is 5.69 Å². The van der Waals surface area contributed by atoms with Gasteiger partial charge >= 0.3 is 0 Å². The monoisotopic (exact) mass is 287 g/mol. The fraction of sp³-hybridized carbons (Fsp3) is 0.0667. The van der Waals surface area contributed by atoms with Crippen LogP contribution in [0.25, 0.3) is 0 Å². The molecule has 0 saturated carbocycles. The van der Waals surface area contributed by atoms with Gasteiger partial charge < -0.3 is 16.3 Å². The van der Waals surface area contributed by atoms with Crippen LogP contribution in [-0.4, -0.2) is 17.0 Å². The molecule has 0 aliphatic heterocycles. The maximum Gasteiger partial charge on any atom is 0.255 e. The third-order valence-corrected chi connectivity index (χ3v) is 2.90. The molecule has 0 atom stereocenters. The van der Waals surface area contributed by atoms with Crippen molar-refractivity contribution in [2.75, 3.05) is 5.32 Å². The number of hydrogen-bond donors (Lipinski definition) is 3. The number of halogens is 1. The summed E-state index contributed by atoms with van der Waals surface area (Å²) in [6.45, 7) is 1.86. The fourth-order valence-electron chi connectivity index (χ4n) is 1.81. The van der Waals surface area contributed by atoms with Gasteiger partial charge in [0.2, 0.25) is 0 Å². The number of anilines is 1. The SMILES string of the molecule is Cc1cccc(C(=O)Nc2ccc(/C(N)=N/O)cc2F)c1. The number of nitrogens with two attached hydrogens (primary N) is 1. The Bertz CT molecular complexity index is 714. The molecule has 0 bridgehead atoms. The number of benzene rings is 2. The van der Waals surface area contributed by atoms with Crippen LogP contribution >= 0.6 is 0 Å². The molecular formula is C15H14FN3O2. The lowest BCUT2D eigenvalue weighted by Gasteiger charge is -2.08. The maximum atomic E-state index is 13.9. The molecule has 2 aromatic carbocycles. The average molecular weight is 287 g/mol. The van der Waals surface area contributed by atoms with Crippen LogP contribution in [0.4, 0.5) is 10.1 Å². The number of amidine groups is 1. The minimum atomic E-state index is -0.667. The van der Waals surface area contributed by atoms with E-state index in [0.29, 0.717) is 5.56 Å². The van der Waals surface area contributed by atoms with E-state index in [2.05, 4.69) is 10.5 Å². The Morgan fingerprint density at radius 1 is 1.24 bits per heavy atom.